The molecule has 1 heterocycles. The van der Waals surface area contributed by atoms with Crippen LogP contribution in [0.2, 0.25) is 0 Å². The van der Waals surface area contributed by atoms with Gasteiger partial charge < -0.3 is 10.4 Å². The minimum atomic E-state index is -0.779. The summed E-state index contributed by atoms with van der Waals surface area (Å²) >= 11 is 0. The topological polar surface area (TPSA) is 127 Å². The van der Waals surface area contributed by atoms with Crippen molar-refractivity contribution < 1.29 is 19.6 Å². The number of nitrogens with zero attached hydrogens (tertiary/aromatic N) is 3. The second-order valence-corrected chi connectivity index (χ2v) is 6.31. The van der Waals surface area contributed by atoms with E-state index in [-0.39, 0.29) is 23.6 Å². The lowest BCUT2D eigenvalue weighted by Crippen LogP contribution is -2.38. The van der Waals surface area contributed by atoms with Crippen molar-refractivity contribution in [2.75, 3.05) is 0 Å². The molecule has 1 aromatic heterocycles. The molecular formula is C17H18N4O5. The molecule has 0 atom stereocenters. The molecule has 26 heavy (non-hydrogen) atoms. The normalized spacial score (nSPS) is 19.7. The van der Waals surface area contributed by atoms with Crippen LogP contribution in [0, 0.1) is 16.0 Å². The van der Waals surface area contributed by atoms with Crippen LogP contribution in [-0.4, -0.2) is 37.7 Å². The van der Waals surface area contributed by atoms with E-state index in [0.29, 0.717) is 36.9 Å². The van der Waals surface area contributed by atoms with Crippen LogP contribution in [0.4, 0.5) is 5.69 Å². The van der Waals surface area contributed by atoms with Gasteiger partial charge in [0.15, 0.2) is 0 Å². The fourth-order valence-electron chi connectivity index (χ4n) is 3.06. The number of hydrogen-bond donors (Lipinski definition) is 2. The van der Waals surface area contributed by atoms with Crippen LogP contribution in [0.5, 0.6) is 0 Å². The Labute approximate surface area is 148 Å². The van der Waals surface area contributed by atoms with E-state index in [1.165, 1.54) is 23.0 Å². The highest BCUT2D eigenvalue weighted by Gasteiger charge is 2.27. The number of carbonyl (C=O) groups excluding carboxylic acids is 1. The van der Waals surface area contributed by atoms with E-state index in [0.717, 1.165) is 0 Å². The van der Waals surface area contributed by atoms with Crippen LogP contribution >= 0.6 is 0 Å². The summed E-state index contributed by atoms with van der Waals surface area (Å²) in [7, 11) is 0. The molecule has 0 aliphatic heterocycles. The average Bonchev–Trinajstić information content (AvgIpc) is 3.12. The number of aromatic nitrogens is 2. The molecule has 1 aromatic carbocycles. The molecule has 0 unspecified atom stereocenters. The van der Waals surface area contributed by atoms with E-state index in [1.807, 2.05) is 0 Å². The van der Waals surface area contributed by atoms with Crippen LogP contribution in [0.25, 0.3) is 5.69 Å². The summed E-state index contributed by atoms with van der Waals surface area (Å²) in [5.74, 6) is -1.37. The molecule has 0 radical (unpaired) electrons. The zero-order chi connectivity index (χ0) is 18.7. The van der Waals surface area contributed by atoms with Crippen LogP contribution in [-0.2, 0) is 4.79 Å². The van der Waals surface area contributed by atoms with Crippen molar-refractivity contribution in [1.29, 1.82) is 0 Å². The molecule has 1 fully saturated rings. The molecular weight excluding hydrogens is 340 g/mol. The number of rotatable bonds is 5. The Hall–Kier alpha value is -3.23. The molecule has 9 nitrogen and oxygen atoms in total. The Morgan fingerprint density at radius 3 is 2.42 bits per heavy atom. The van der Waals surface area contributed by atoms with E-state index in [4.69, 9.17) is 5.11 Å². The third-order valence-corrected chi connectivity index (χ3v) is 4.58. The highest BCUT2D eigenvalue weighted by atomic mass is 16.6. The number of carboxylic acid groups (broad SMARTS) is 1. The molecule has 0 saturated heterocycles. The van der Waals surface area contributed by atoms with Crippen molar-refractivity contribution in [1.82, 2.24) is 15.1 Å². The third-order valence-electron chi connectivity index (χ3n) is 4.58. The van der Waals surface area contributed by atoms with Gasteiger partial charge in [0, 0.05) is 24.4 Å². The van der Waals surface area contributed by atoms with Crippen LogP contribution < -0.4 is 5.32 Å². The molecule has 1 saturated carbocycles. The van der Waals surface area contributed by atoms with E-state index in [2.05, 4.69) is 10.4 Å². The highest BCUT2D eigenvalue weighted by Crippen LogP contribution is 2.24. The van der Waals surface area contributed by atoms with Crippen LogP contribution in [0.3, 0.4) is 0 Å². The molecule has 136 valence electrons. The molecule has 2 aromatic rings. The largest absolute Gasteiger partial charge is 0.481 e. The summed E-state index contributed by atoms with van der Waals surface area (Å²) in [6, 6.07) is 5.82. The lowest BCUT2D eigenvalue weighted by Gasteiger charge is -2.26. The highest BCUT2D eigenvalue weighted by molar-refractivity contribution is 5.94. The molecule has 9 heteroatoms. The van der Waals surface area contributed by atoms with Gasteiger partial charge in [0.25, 0.3) is 11.6 Å². The maximum absolute atomic E-state index is 12.3. The van der Waals surface area contributed by atoms with Gasteiger partial charge >= 0.3 is 5.97 Å². The minimum absolute atomic E-state index is 0.0177. The van der Waals surface area contributed by atoms with E-state index < -0.39 is 10.9 Å². The Morgan fingerprint density at radius 2 is 1.85 bits per heavy atom. The van der Waals surface area contributed by atoms with Gasteiger partial charge in [-0.15, -0.1) is 0 Å². The fraction of sp³-hybridized carbons (Fsp3) is 0.353. The first-order valence-corrected chi connectivity index (χ1v) is 8.27. The number of nitro groups is 1. The quantitative estimate of drug-likeness (QED) is 0.623. The number of benzene rings is 1. The van der Waals surface area contributed by atoms with Gasteiger partial charge in [0.05, 0.1) is 28.3 Å². The average molecular weight is 358 g/mol. The van der Waals surface area contributed by atoms with Gasteiger partial charge in [-0.3, -0.25) is 19.7 Å². The fourth-order valence-corrected chi connectivity index (χ4v) is 3.06. The van der Waals surface area contributed by atoms with Crippen molar-refractivity contribution in [3.63, 3.8) is 0 Å². The van der Waals surface area contributed by atoms with Gasteiger partial charge in [0.1, 0.15) is 0 Å². The summed E-state index contributed by atoms with van der Waals surface area (Å²) in [5.41, 5.74) is 0.969. The number of carboxylic acids is 1. The predicted octanol–water partition coefficient (Wildman–Crippen LogP) is 2.15. The standard InChI is InChI=1S/C17H18N4O5/c22-16(19-13-3-1-11(2-4-13)17(23)24)12-9-18-20(10-12)14-5-7-15(8-6-14)21(25)26/h5-11,13H,1-4H2,(H,19,22)(H,23,24). The lowest BCUT2D eigenvalue weighted by atomic mass is 9.86. The summed E-state index contributed by atoms with van der Waals surface area (Å²) in [6.45, 7) is 0. The second kappa shape index (κ2) is 7.34. The molecule has 1 aliphatic carbocycles. The third kappa shape index (κ3) is 3.88. The number of hydrogen-bond acceptors (Lipinski definition) is 5. The zero-order valence-electron chi connectivity index (χ0n) is 13.9. The van der Waals surface area contributed by atoms with Crippen molar-refractivity contribution in [3.05, 3.63) is 52.3 Å². The molecule has 1 aliphatic rings. The van der Waals surface area contributed by atoms with Crippen molar-refractivity contribution in [2.24, 2.45) is 5.92 Å². The molecule has 2 N–H and O–H groups in total. The molecule has 1 amide bonds. The van der Waals surface area contributed by atoms with E-state index in [9.17, 15) is 19.7 Å². The van der Waals surface area contributed by atoms with Gasteiger partial charge in [-0.05, 0) is 37.8 Å². The first kappa shape index (κ1) is 17.6. The number of nitrogens with one attached hydrogen (secondary N) is 1. The van der Waals surface area contributed by atoms with E-state index >= 15 is 0 Å². The van der Waals surface area contributed by atoms with Crippen molar-refractivity contribution in [2.45, 2.75) is 31.7 Å². The predicted molar refractivity (Wildman–Crippen MR) is 91.1 cm³/mol. The van der Waals surface area contributed by atoms with Gasteiger partial charge in [-0.1, -0.05) is 0 Å². The number of nitro benzene ring substituents is 1. The Bertz CT molecular complexity index is 822. The molecule has 3 rings (SSSR count). The lowest BCUT2D eigenvalue weighted by molar-refractivity contribution is -0.384. The number of carbonyl (C=O) groups is 2. The zero-order valence-corrected chi connectivity index (χ0v) is 13.9. The smallest absolute Gasteiger partial charge is 0.306 e. The first-order chi connectivity index (χ1) is 12.4. The van der Waals surface area contributed by atoms with Gasteiger partial charge in [-0.2, -0.15) is 5.10 Å². The van der Waals surface area contributed by atoms with Gasteiger partial charge in [-0.25, -0.2) is 4.68 Å². The van der Waals surface area contributed by atoms with Crippen molar-refractivity contribution in [3.8, 4) is 5.69 Å². The summed E-state index contributed by atoms with van der Waals surface area (Å²) in [6.07, 6.45) is 5.38. The molecule has 0 spiro atoms. The summed E-state index contributed by atoms with van der Waals surface area (Å²) in [4.78, 5) is 33.5. The first-order valence-electron chi connectivity index (χ1n) is 8.27. The van der Waals surface area contributed by atoms with Crippen molar-refractivity contribution >= 4 is 17.6 Å². The second-order valence-electron chi connectivity index (χ2n) is 6.31. The molecule has 0 bridgehead atoms. The van der Waals surface area contributed by atoms with Crippen LogP contribution in [0.1, 0.15) is 36.0 Å². The number of non-ortho nitro benzene ring substituents is 1. The summed E-state index contributed by atoms with van der Waals surface area (Å²) in [5, 5.41) is 26.7. The van der Waals surface area contributed by atoms with Gasteiger partial charge in [0.2, 0.25) is 0 Å². The summed E-state index contributed by atoms with van der Waals surface area (Å²) < 4.78 is 1.47. The number of aliphatic carboxylic acids is 1. The Balaban J connectivity index is 1.61. The number of amides is 1. The van der Waals surface area contributed by atoms with Crippen LogP contribution in [0.15, 0.2) is 36.7 Å². The Morgan fingerprint density at radius 1 is 1.19 bits per heavy atom. The Kier molecular flexibility index (Phi) is 4.97. The minimum Gasteiger partial charge on any atom is -0.481 e. The SMILES string of the molecule is O=C(NC1CCC(C(=O)O)CC1)c1cnn(-c2ccc([N+](=O)[O-])cc2)c1. The maximum Gasteiger partial charge on any atom is 0.306 e. The maximum atomic E-state index is 12.3. The van der Waals surface area contributed by atoms with E-state index in [1.54, 1.807) is 18.3 Å². The monoisotopic (exact) mass is 358 g/mol.